The van der Waals surface area contributed by atoms with Crippen molar-refractivity contribution >= 4 is 11.8 Å². The molecule has 33 heavy (non-hydrogen) atoms. The van der Waals surface area contributed by atoms with Crippen LogP contribution in [0.15, 0.2) is 42.5 Å². The lowest BCUT2D eigenvalue weighted by Crippen LogP contribution is -2.45. The van der Waals surface area contributed by atoms with Crippen LogP contribution in [0.4, 0.5) is 4.39 Å². The van der Waals surface area contributed by atoms with Crippen LogP contribution in [0.5, 0.6) is 5.75 Å². The predicted octanol–water partition coefficient (Wildman–Crippen LogP) is 3.88. The monoisotopic (exact) mass is 456 g/mol. The van der Waals surface area contributed by atoms with Crippen LogP contribution in [0, 0.1) is 11.2 Å². The molecular formula is C26H33FN2O4. The molecule has 0 saturated carbocycles. The molecule has 0 aromatic heterocycles. The van der Waals surface area contributed by atoms with E-state index < -0.39 is 17.6 Å². The van der Waals surface area contributed by atoms with Crippen molar-refractivity contribution in [3.8, 4) is 5.75 Å². The molecule has 2 aromatic carbocycles. The molecule has 0 radical (unpaired) electrons. The number of nitrogens with one attached hydrogen (secondary N) is 1. The lowest BCUT2D eigenvalue weighted by atomic mass is 9.85. The molecule has 6 nitrogen and oxygen atoms in total. The van der Waals surface area contributed by atoms with E-state index in [-0.39, 0.29) is 17.6 Å². The SMILES string of the molecule is COCCNC(=O)[C@H](C)Oc1ccc2c(c1)[C@@H](c1cccc(F)c1)N(C(=O)C(C)(C)C)CC2. The van der Waals surface area contributed by atoms with Gasteiger partial charge in [-0.25, -0.2) is 4.39 Å². The molecule has 0 bridgehead atoms. The molecule has 3 rings (SSSR count). The van der Waals surface area contributed by atoms with Crippen LogP contribution >= 0.6 is 0 Å². The molecule has 0 aliphatic carbocycles. The third-order valence-corrected chi connectivity index (χ3v) is 5.70. The highest BCUT2D eigenvalue weighted by Gasteiger charge is 2.37. The Hall–Kier alpha value is -2.93. The number of fused-ring (bicyclic) bond motifs is 1. The molecule has 0 saturated heterocycles. The summed E-state index contributed by atoms with van der Waals surface area (Å²) in [7, 11) is 1.57. The van der Waals surface area contributed by atoms with Gasteiger partial charge in [0.2, 0.25) is 5.91 Å². The number of hydrogen-bond donors (Lipinski definition) is 1. The van der Waals surface area contributed by atoms with E-state index in [9.17, 15) is 14.0 Å². The number of methoxy groups -OCH3 is 1. The third kappa shape index (κ3) is 5.90. The normalized spacial score (nSPS) is 16.7. The summed E-state index contributed by atoms with van der Waals surface area (Å²) >= 11 is 0. The Morgan fingerprint density at radius 3 is 2.64 bits per heavy atom. The highest BCUT2D eigenvalue weighted by molar-refractivity contribution is 5.83. The van der Waals surface area contributed by atoms with Gasteiger partial charge >= 0.3 is 0 Å². The van der Waals surface area contributed by atoms with Crippen LogP contribution in [0.25, 0.3) is 0 Å². The van der Waals surface area contributed by atoms with Crippen molar-refractivity contribution < 1.29 is 23.5 Å². The topological polar surface area (TPSA) is 67.9 Å². The van der Waals surface area contributed by atoms with Crippen molar-refractivity contribution in [2.75, 3.05) is 26.8 Å². The summed E-state index contributed by atoms with van der Waals surface area (Å²) in [6, 6.07) is 11.6. The van der Waals surface area contributed by atoms with Gasteiger partial charge < -0.3 is 19.7 Å². The smallest absolute Gasteiger partial charge is 0.260 e. The molecule has 2 amide bonds. The Morgan fingerprint density at radius 1 is 1.21 bits per heavy atom. The maximum absolute atomic E-state index is 14.1. The van der Waals surface area contributed by atoms with Gasteiger partial charge in [0.05, 0.1) is 12.6 Å². The van der Waals surface area contributed by atoms with Crippen molar-refractivity contribution in [1.29, 1.82) is 0 Å². The number of halogens is 1. The molecule has 2 aromatic rings. The van der Waals surface area contributed by atoms with Crippen molar-refractivity contribution in [2.24, 2.45) is 5.41 Å². The first kappa shape index (κ1) is 24.7. The van der Waals surface area contributed by atoms with E-state index in [1.54, 1.807) is 20.1 Å². The summed E-state index contributed by atoms with van der Waals surface area (Å²) in [5, 5.41) is 2.76. The average Bonchev–Trinajstić information content (AvgIpc) is 2.77. The summed E-state index contributed by atoms with van der Waals surface area (Å²) < 4.78 is 25.0. The van der Waals surface area contributed by atoms with E-state index in [0.29, 0.717) is 37.4 Å². The van der Waals surface area contributed by atoms with E-state index in [0.717, 1.165) is 11.1 Å². The molecular weight excluding hydrogens is 423 g/mol. The average molecular weight is 457 g/mol. The Labute approximate surface area is 195 Å². The number of rotatable bonds is 7. The van der Waals surface area contributed by atoms with Crippen LogP contribution in [-0.2, 0) is 20.7 Å². The largest absolute Gasteiger partial charge is 0.481 e. The molecule has 1 aliphatic heterocycles. The maximum atomic E-state index is 14.1. The summed E-state index contributed by atoms with van der Waals surface area (Å²) in [6.45, 7) is 8.71. The fourth-order valence-electron chi connectivity index (χ4n) is 4.03. The first-order valence-electron chi connectivity index (χ1n) is 11.2. The van der Waals surface area contributed by atoms with Crippen LogP contribution in [0.3, 0.4) is 0 Å². The molecule has 1 heterocycles. The quantitative estimate of drug-likeness (QED) is 0.642. The number of nitrogens with zero attached hydrogens (tertiary/aromatic N) is 1. The van der Waals surface area contributed by atoms with Crippen molar-refractivity contribution in [3.63, 3.8) is 0 Å². The fraction of sp³-hybridized carbons (Fsp3) is 0.462. The third-order valence-electron chi connectivity index (χ3n) is 5.70. The molecule has 0 fully saturated rings. The van der Waals surface area contributed by atoms with Crippen molar-refractivity contribution in [1.82, 2.24) is 10.2 Å². The van der Waals surface area contributed by atoms with Crippen molar-refractivity contribution in [3.05, 3.63) is 65.0 Å². The number of carbonyl (C=O) groups is 2. The second-order valence-electron chi connectivity index (χ2n) is 9.36. The Morgan fingerprint density at radius 2 is 1.97 bits per heavy atom. The van der Waals surface area contributed by atoms with Crippen LogP contribution in [0.1, 0.15) is 50.4 Å². The Bertz CT molecular complexity index is 1000. The second-order valence-corrected chi connectivity index (χ2v) is 9.36. The lowest BCUT2D eigenvalue weighted by molar-refractivity contribution is -0.141. The van der Waals surface area contributed by atoms with Gasteiger partial charge in [0.1, 0.15) is 11.6 Å². The number of amides is 2. The predicted molar refractivity (Wildman–Crippen MR) is 125 cm³/mol. The first-order valence-corrected chi connectivity index (χ1v) is 11.2. The van der Waals surface area contributed by atoms with Crippen molar-refractivity contribution in [2.45, 2.75) is 46.3 Å². The summed E-state index contributed by atoms with van der Waals surface area (Å²) in [5.74, 6) is -0.0678. The zero-order chi connectivity index (χ0) is 24.2. The van der Waals surface area contributed by atoms with E-state index in [1.165, 1.54) is 12.1 Å². The van der Waals surface area contributed by atoms with Crippen LogP contribution in [0.2, 0.25) is 0 Å². The highest BCUT2D eigenvalue weighted by Crippen LogP contribution is 2.39. The van der Waals surface area contributed by atoms with Gasteiger partial charge in [0, 0.05) is 25.6 Å². The van der Waals surface area contributed by atoms with Gasteiger partial charge in [0.25, 0.3) is 5.91 Å². The second kappa shape index (κ2) is 10.3. The Kier molecular flexibility index (Phi) is 7.74. The van der Waals surface area contributed by atoms with E-state index in [1.807, 2.05) is 49.9 Å². The molecule has 7 heteroatoms. The standard InChI is InChI=1S/C26H33FN2O4/c1-17(24(30)28-12-14-32-5)33-21-10-9-18-11-13-29(25(31)26(2,3)4)23(22(18)16-21)19-7-6-8-20(27)15-19/h6-10,15-17,23H,11-14H2,1-5H3,(H,28,30)/t17-,23+/m0/s1. The van der Waals surface area contributed by atoms with Gasteiger partial charge in [-0.2, -0.15) is 0 Å². The van der Waals surface area contributed by atoms with E-state index in [2.05, 4.69) is 5.32 Å². The minimum absolute atomic E-state index is 0.000350. The van der Waals surface area contributed by atoms with E-state index in [4.69, 9.17) is 9.47 Å². The lowest BCUT2D eigenvalue weighted by Gasteiger charge is -2.41. The van der Waals surface area contributed by atoms with Gasteiger partial charge in [-0.05, 0) is 54.3 Å². The minimum atomic E-state index is -0.705. The Balaban J connectivity index is 1.94. The molecule has 1 aliphatic rings. The number of carbonyl (C=O) groups excluding carboxylic acids is 2. The van der Waals surface area contributed by atoms with E-state index >= 15 is 0 Å². The molecule has 178 valence electrons. The van der Waals surface area contributed by atoms with Gasteiger partial charge in [0.15, 0.2) is 6.10 Å². The molecule has 0 unspecified atom stereocenters. The molecule has 1 N–H and O–H groups in total. The van der Waals surface area contributed by atoms with Gasteiger partial charge in [-0.3, -0.25) is 9.59 Å². The number of hydrogen-bond acceptors (Lipinski definition) is 4. The fourth-order valence-corrected chi connectivity index (χ4v) is 4.03. The summed E-state index contributed by atoms with van der Waals surface area (Å²) in [6.07, 6.45) is -0.0144. The first-order chi connectivity index (χ1) is 15.6. The van der Waals surface area contributed by atoms with Gasteiger partial charge in [-0.15, -0.1) is 0 Å². The zero-order valence-corrected chi connectivity index (χ0v) is 20.0. The number of benzene rings is 2. The molecule has 2 atom stereocenters. The highest BCUT2D eigenvalue weighted by atomic mass is 19.1. The van der Waals surface area contributed by atoms with Crippen LogP contribution < -0.4 is 10.1 Å². The minimum Gasteiger partial charge on any atom is -0.481 e. The summed E-state index contributed by atoms with van der Waals surface area (Å²) in [5.41, 5.74) is 2.09. The maximum Gasteiger partial charge on any atom is 0.260 e. The number of ether oxygens (including phenoxy) is 2. The molecule has 0 spiro atoms. The zero-order valence-electron chi connectivity index (χ0n) is 20.0. The van der Waals surface area contributed by atoms with Gasteiger partial charge in [-0.1, -0.05) is 39.0 Å². The summed E-state index contributed by atoms with van der Waals surface area (Å²) in [4.78, 5) is 27.4. The van der Waals surface area contributed by atoms with Crippen LogP contribution in [-0.4, -0.2) is 49.6 Å².